The second-order valence-electron chi connectivity index (χ2n) is 7.74. The fraction of sp³-hybridized carbons (Fsp3) is 0.571. The zero-order chi connectivity index (χ0) is 21.8. The molecule has 0 spiro atoms. The highest BCUT2D eigenvalue weighted by Crippen LogP contribution is 2.37. The number of pyridine rings is 1. The van der Waals surface area contributed by atoms with E-state index in [0.29, 0.717) is 44.3 Å². The van der Waals surface area contributed by atoms with E-state index in [2.05, 4.69) is 9.88 Å². The number of likely N-dealkylation sites (N-methyl/N-ethyl adjacent to an activating group) is 1. The number of ether oxygens (including phenoxy) is 2. The van der Waals surface area contributed by atoms with Crippen molar-refractivity contribution in [3.05, 3.63) is 28.8 Å². The van der Waals surface area contributed by atoms with E-state index in [0.717, 1.165) is 28.9 Å². The Kier molecular flexibility index (Phi) is 7.13. The largest absolute Gasteiger partial charge is 0.395 e. The lowest BCUT2D eigenvalue weighted by atomic mass is 10.0. The molecule has 1 unspecified atom stereocenters. The van der Waals surface area contributed by atoms with E-state index >= 15 is 0 Å². The minimum atomic E-state index is -0.401. The van der Waals surface area contributed by atoms with Crippen LogP contribution in [0.4, 0.5) is 0 Å². The average molecular weight is 449 g/mol. The first kappa shape index (κ1) is 22.1. The Labute approximate surface area is 185 Å². The monoisotopic (exact) mass is 448 g/mol. The molecule has 1 N–H and O–H groups in total. The average Bonchev–Trinajstić information content (AvgIpc) is 3.19. The molecule has 0 aromatic carbocycles. The molecule has 0 radical (unpaired) electrons. The van der Waals surface area contributed by atoms with Gasteiger partial charge in [0.2, 0.25) is 5.91 Å². The van der Waals surface area contributed by atoms with Gasteiger partial charge in [-0.15, -0.1) is 11.3 Å². The molecular formula is C21H28N4O5S. The van der Waals surface area contributed by atoms with Crippen molar-refractivity contribution in [3.63, 3.8) is 0 Å². The second-order valence-corrected chi connectivity index (χ2v) is 8.74. The van der Waals surface area contributed by atoms with Gasteiger partial charge in [-0.1, -0.05) is 6.07 Å². The molecule has 0 bridgehead atoms. The minimum Gasteiger partial charge on any atom is -0.395 e. The van der Waals surface area contributed by atoms with E-state index in [1.807, 2.05) is 17.0 Å². The molecule has 1 atom stereocenters. The molecule has 4 rings (SSSR count). The van der Waals surface area contributed by atoms with Crippen LogP contribution >= 0.6 is 11.3 Å². The number of aromatic nitrogens is 1. The minimum absolute atomic E-state index is 0.0677. The summed E-state index contributed by atoms with van der Waals surface area (Å²) in [6.45, 7) is 4.68. The van der Waals surface area contributed by atoms with Crippen LogP contribution in [0.15, 0.2) is 18.3 Å². The van der Waals surface area contributed by atoms with Crippen molar-refractivity contribution in [2.45, 2.75) is 6.10 Å². The van der Waals surface area contributed by atoms with Gasteiger partial charge >= 0.3 is 0 Å². The van der Waals surface area contributed by atoms with Gasteiger partial charge in [-0.25, -0.2) is 4.98 Å². The molecule has 2 amide bonds. The number of carbonyl (C=O) groups is 2. The van der Waals surface area contributed by atoms with Gasteiger partial charge in [0, 0.05) is 50.4 Å². The number of rotatable bonds is 6. The van der Waals surface area contributed by atoms with Crippen LogP contribution < -0.4 is 0 Å². The lowest BCUT2D eigenvalue weighted by molar-refractivity contribution is -0.141. The van der Waals surface area contributed by atoms with E-state index in [1.54, 1.807) is 13.2 Å². The molecule has 2 aliphatic rings. The number of morpholine rings is 2. The highest BCUT2D eigenvalue weighted by molar-refractivity contribution is 7.20. The van der Waals surface area contributed by atoms with Crippen molar-refractivity contribution in [1.29, 1.82) is 0 Å². The number of carbonyl (C=O) groups excluding carboxylic acids is 2. The Morgan fingerprint density at radius 2 is 2.10 bits per heavy atom. The Morgan fingerprint density at radius 3 is 2.87 bits per heavy atom. The Bertz CT molecular complexity index is 930. The van der Waals surface area contributed by atoms with Crippen LogP contribution in [0.25, 0.3) is 10.2 Å². The summed E-state index contributed by atoms with van der Waals surface area (Å²) in [5.74, 6) is -0.106. The maximum absolute atomic E-state index is 13.1. The summed E-state index contributed by atoms with van der Waals surface area (Å²) in [5, 5.41) is 10.1. The number of hydrogen-bond acceptors (Lipinski definition) is 8. The summed E-state index contributed by atoms with van der Waals surface area (Å²) < 4.78 is 11.4. The molecule has 9 nitrogen and oxygen atoms in total. The van der Waals surface area contributed by atoms with Crippen molar-refractivity contribution in [3.8, 4) is 0 Å². The molecule has 2 aromatic heterocycles. The molecule has 2 saturated heterocycles. The first-order valence-corrected chi connectivity index (χ1v) is 11.3. The van der Waals surface area contributed by atoms with Gasteiger partial charge in [0.15, 0.2) is 0 Å². The summed E-state index contributed by atoms with van der Waals surface area (Å²) in [5.41, 5.74) is 0.784. The zero-order valence-corrected chi connectivity index (χ0v) is 18.5. The summed E-state index contributed by atoms with van der Waals surface area (Å²) in [4.78, 5) is 37.2. The Balaban J connectivity index is 1.57. The van der Waals surface area contributed by atoms with Crippen molar-refractivity contribution < 1.29 is 24.2 Å². The maximum atomic E-state index is 13.1. The van der Waals surface area contributed by atoms with Gasteiger partial charge in [-0.3, -0.25) is 14.5 Å². The summed E-state index contributed by atoms with van der Waals surface area (Å²) in [6, 6.07) is 3.78. The predicted octanol–water partition coefficient (Wildman–Crippen LogP) is 0.593. The Hall–Kier alpha value is -2.11. The summed E-state index contributed by atoms with van der Waals surface area (Å²) >= 11 is 1.33. The van der Waals surface area contributed by atoms with Crippen LogP contribution in [-0.2, 0) is 14.3 Å². The van der Waals surface area contributed by atoms with Crippen LogP contribution in [0, 0.1) is 0 Å². The van der Waals surface area contributed by atoms with Crippen LogP contribution in [-0.4, -0.2) is 109 Å². The molecule has 0 aliphatic carbocycles. The van der Waals surface area contributed by atoms with Gasteiger partial charge in [0.05, 0.1) is 39.5 Å². The van der Waals surface area contributed by atoms with Crippen molar-refractivity contribution in [1.82, 2.24) is 19.7 Å². The molecule has 0 saturated carbocycles. The smallest absolute Gasteiger partial charge is 0.264 e. The SMILES string of the molecule is CN(CCO)C(=O)c1sc2ncccc2c1C1CN(C(=O)CN2CCOCC2)CCO1. The highest BCUT2D eigenvalue weighted by atomic mass is 32.1. The third-order valence-corrected chi connectivity index (χ3v) is 6.80. The molecular weight excluding hydrogens is 420 g/mol. The normalized spacial score (nSPS) is 20.2. The first-order valence-electron chi connectivity index (χ1n) is 10.5. The molecule has 2 aromatic rings. The number of hydrogen-bond donors (Lipinski definition) is 1. The van der Waals surface area contributed by atoms with Crippen molar-refractivity contribution in [2.75, 3.05) is 72.7 Å². The fourth-order valence-electron chi connectivity index (χ4n) is 3.96. The van der Waals surface area contributed by atoms with Gasteiger partial charge < -0.3 is 24.4 Å². The number of aliphatic hydroxyl groups is 1. The topological polar surface area (TPSA) is 95.4 Å². The third-order valence-electron chi connectivity index (χ3n) is 5.68. The van der Waals surface area contributed by atoms with Crippen molar-refractivity contribution >= 4 is 33.4 Å². The van der Waals surface area contributed by atoms with Gasteiger partial charge in [0.1, 0.15) is 15.8 Å². The molecule has 168 valence electrons. The Morgan fingerprint density at radius 1 is 1.29 bits per heavy atom. The molecule has 10 heteroatoms. The number of aliphatic hydroxyl groups excluding tert-OH is 1. The number of thiophene rings is 1. The van der Waals surface area contributed by atoms with E-state index in [9.17, 15) is 14.7 Å². The highest BCUT2D eigenvalue weighted by Gasteiger charge is 2.33. The number of amides is 2. The summed E-state index contributed by atoms with van der Waals surface area (Å²) in [7, 11) is 1.67. The standard InChI is InChI=1S/C21H28N4O5S/c1-23(5-9-26)21(28)19-18(15-3-2-4-22-20(15)31-19)16-13-25(8-12-30-16)17(27)14-24-6-10-29-11-7-24/h2-4,16,26H,5-14H2,1H3. The maximum Gasteiger partial charge on any atom is 0.264 e. The molecule has 2 aliphatic heterocycles. The molecule has 4 heterocycles. The van der Waals surface area contributed by atoms with Gasteiger partial charge in [-0.05, 0) is 6.07 Å². The second kappa shape index (κ2) is 10.0. The molecule has 2 fully saturated rings. The zero-order valence-electron chi connectivity index (χ0n) is 17.7. The quantitative estimate of drug-likeness (QED) is 0.691. The van der Waals surface area contributed by atoms with E-state index in [-0.39, 0.29) is 25.0 Å². The lowest BCUT2D eigenvalue weighted by Gasteiger charge is -2.35. The van der Waals surface area contributed by atoms with Crippen LogP contribution in [0.1, 0.15) is 21.3 Å². The summed E-state index contributed by atoms with van der Waals surface area (Å²) in [6.07, 6.45) is 1.30. The van der Waals surface area contributed by atoms with Crippen LogP contribution in [0.3, 0.4) is 0 Å². The van der Waals surface area contributed by atoms with Crippen LogP contribution in [0.2, 0.25) is 0 Å². The fourth-order valence-corrected chi connectivity index (χ4v) is 5.14. The van der Waals surface area contributed by atoms with Gasteiger partial charge in [-0.2, -0.15) is 0 Å². The number of nitrogens with zero attached hydrogens (tertiary/aromatic N) is 4. The third kappa shape index (κ3) is 4.88. The predicted molar refractivity (Wildman–Crippen MR) is 116 cm³/mol. The molecule has 31 heavy (non-hydrogen) atoms. The lowest BCUT2D eigenvalue weighted by Crippen LogP contribution is -2.48. The first-order chi connectivity index (χ1) is 15.1. The van der Waals surface area contributed by atoms with Gasteiger partial charge in [0.25, 0.3) is 5.91 Å². The number of fused-ring (bicyclic) bond motifs is 1. The van der Waals surface area contributed by atoms with E-state index < -0.39 is 6.10 Å². The van der Waals surface area contributed by atoms with Crippen molar-refractivity contribution in [2.24, 2.45) is 0 Å². The van der Waals surface area contributed by atoms with E-state index in [1.165, 1.54) is 16.2 Å². The van der Waals surface area contributed by atoms with E-state index in [4.69, 9.17) is 9.47 Å². The van der Waals surface area contributed by atoms with Crippen LogP contribution in [0.5, 0.6) is 0 Å².